The molecule has 0 spiro atoms. The molecule has 0 amide bonds. The van der Waals surface area contributed by atoms with Gasteiger partial charge in [0.05, 0.1) is 5.69 Å². The lowest BCUT2D eigenvalue weighted by molar-refractivity contribution is 0.104. The molecule has 0 bridgehead atoms. The third-order valence-corrected chi connectivity index (χ3v) is 5.73. The summed E-state index contributed by atoms with van der Waals surface area (Å²) in [5.41, 5.74) is 2.49. The van der Waals surface area contributed by atoms with Gasteiger partial charge in [0, 0.05) is 27.1 Å². The highest BCUT2D eigenvalue weighted by Gasteiger charge is 2.11. The van der Waals surface area contributed by atoms with E-state index in [4.69, 9.17) is 0 Å². The minimum Gasteiger partial charge on any atom is -0.358 e. The fourth-order valence-corrected chi connectivity index (χ4v) is 4.24. The third-order valence-electron chi connectivity index (χ3n) is 4.58. The van der Waals surface area contributed by atoms with Gasteiger partial charge in [-0.3, -0.25) is 4.79 Å². The summed E-state index contributed by atoms with van der Waals surface area (Å²) in [4.78, 5) is 14.8. The molecule has 1 N–H and O–H groups in total. The lowest BCUT2D eigenvalue weighted by atomic mass is 10.1. The zero-order valence-electron chi connectivity index (χ0n) is 16.1. The van der Waals surface area contributed by atoms with Crippen molar-refractivity contribution in [1.29, 1.82) is 0 Å². The summed E-state index contributed by atoms with van der Waals surface area (Å²) >= 11 is 1.73. The van der Waals surface area contributed by atoms with Gasteiger partial charge in [0.25, 0.3) is 0 Å². The largest absolute Gasteiger partial charge is 0.358 e. The Morgan fingerprint density at radius 3 is 2.21 bits per heavy atom. The van der Waals surface area contributed by atoms with Crippen molar-refractivity contribution in [3.63, 3.8) is 0 Å². The molecule has 3 heteroatoms. The molecule has 0 aliphatic rings. The van der Waals surface area contributed by atoms with E-state index in [1.54, 1.807) is 17.8 Å². The van der Waals surface area contributed by atoms with Crippen molar-refractivity contribution in [2.45, 2.75) is 16.7 Å². The normalized spacial score (nSPS) is 11.4. The molecular weight excluding hydrogens is 374 g/mol. The van der Waals surface area contributed by atoms with Gasteiger partial charge in [-0.05, 0) is 35.9 Å². The van der Waals surface area contributed by atoms with Crippen LogP contribution in [-0.4, -0.2) is 5.78 Å². The van der Waals surface area contributed by atoms with Crippen molar-refractivity contribution >= 4 is 34.0 Å². The summed E-state index contributed by atoms with van der Waals surface area (Å²) < 4.78 is 0. The molecule has 4 rings (SSSR count). The van der Waals surface area contributed by atoms with E-state index in [0.717, 1.165) is 16.3 Å². The van der Waals surface area contributed by atoms with Crippen LogP contribution >= 0.6 is 11.8 Å². The molecule has 0 unspecified atom stereocenters. The molecule has 0 saturated heterocycles. The Hall–Kier alpha value is -3.30. The van der Waals surface area contributed by atoms with E-state index in [-0.39, 0.29) is 5.78 Å². The Morgan fingerprint density at radius 1 is 0.793 bits per heavy atom. The molecule has 0 aliphatic carbocycles. The molecule has 0 atom stereocenters. The SMILES string of the molecule is CC(=CC(=O)c1ccccc1)Nc1ccc2ccccc2c1Sc1ccccc1. The first-order chi connectivity index (χ1) is 14.2. The summed E-state index contributed by atoms with van der Waals surface area (Å²) in [6, 6.07) is 32.2. The molecule has 0 saturated carbocycles. The zero-order chi connectivity index (χ0) is 20.1. The number of hydrogen-bond donors (Lipinski definition) is 1. The standard InChI is InChI=1S/C26H21NOS/c1-19(18-25(28)21-11-4-2-5-12-21)27-24-17-16-20-10-8-9-15-23(20)26(24)29-22-13-6-3-7-14-22/h2-18,27H,1H3. The summed E-state index contributed by atoms with van der Waals surface area (Å²) in [5.74, 6) is -0.00588. The fraction of sp³-hybridized carbons (Fsp3) is 0.0385. The predicted molar refractivity (Wildman–Crippen MR) is 123 cm³/mol. The quantitative estimate of drug-likeness (QED) is 0.277. The molecule has 2 nitrogen and oxygen atoms in total. The van der Waals surface area contributed by atoms with Gasteiger partial charge >= 0.3 is 0 Å². The maximum Gasteiger partial charge on any atom is 0.187 e. The topological polar surface area (TPSA) is 29.1 Å². The van der Waals surface area contributed by atoms with Gasteiger partial charge in [-0.2, -0.15) is 0 Å². The lowest BCUT2D eigenvalue weighted by Gasteiger charge is -2.15. The van der Waals surface area contributed by atoms with Gasteiger partial charge in [0.1, 0.15) is 0 Å². The average Bonchev–Trinajstić information content (AvgIpc) is 2.76. The van der Waals surface area contributed by atoms with E-state index in [1.165, 1.54) is 15.7 Å². The van der Waals surface area contributed by atoms with Gasteiger partial charge in [0.2, 0.25) is 0 Å². The maximum atomic E-state index is 12.5. The Balaban J connectivity index is 1.68. The second kappa shape index (κ2) is 8.80. The molecule has 4 aromatic rings. The molecule has 0 fully saturated rings. The zero-order valence-corrected chi connectivity index (χ0v) is 16.9. The number of nitrogens with one attached hydrogen (secondary N) is 1. The molecule has 29 heavy (non-hydrogen) atoms. The molecule has 0 heterocycles. The van der Waals surface area contributed by atoms with Gasteiger partial charge in [-0.15, -0.1) is 0 Å². The van der Waals surface area contributed by atoms with Crippen LogP contribution in [0.15, 0.2) is 119 Å². The number of carbonyl (C=O) groups is 1. The summed E-state index contributed by atoms with van der Waals surface area (Å²) in [7, 11) is 0. The van der Waals surface area contributed by atoms with Gasteiger partial charge in [0.15, 0.2) is 5.78 Å². The number of allylic oxidation sites excluding steroid dienone is 2. The van der Waals surface area contributed by atoms with Crippen molar-refractivity contribution in [1.82, 2.24) is 0 Å². The number of ketones is 1. The van der Waals surface area contributed by atoms with Crippen LogP contribution in [0.3, 0.4) is 0 Å². The Morgan fingerprint density at radius 2 is 1.45 bits per heavy atom. The van der Waals surface area contributed by atoms with Crippen molar-refractivity contribution in [2.75, 3.05) is 5.32 Å². The van der Waals surface area contributed by atoms with Crippen LogP contribution in [0.25, 0.3) is 10.8 Å². The minimum atomic E-state index is -0.00588. The second-order valence-corrected chi connectivity index (χ2v) is 7.84. The van der Waals surface area contributed by atoms with Crippen LogP contribution < -0.4 is 5.32 Å². The minimum absolute atomic E-state index is 0.00588. The highest BCUT2D eigenvalue weighted by molar-refractivity contribution is 7.99. The summed E-state index contributed by atoms with van der Waals surface area (Å²) in [6.07, 6.45) is 1.65. The lowest BCUT2D eigenvalue weighted by Crippen LogP contribution is -2.02. The van der Waals surface area contributed by atoms with E-state index in [2.05, 4.69) is 53.8 Å². The van der Waals surface area contributed by atoms with Crippen LogP contribution in [-0.2, 0) is 0 Å². The number of carbonyl (C=O) groups excluding carboxylic acids is 1. The number of benzene rings is 4. The molecule has 0 aromatic heterocycles. The molecule has 0 aliphatic heterocycles. The first-order valence-corrected chi connectivity index (χ1v) is 10.3. The van der Waals surface area contributed by atoms with Gasteiger partial charge < -0.3 is 5.32 Å². The molecule has 0 radical (unpaired) electrons. The molecule has 142 valence electrons. The third kappa shape index (κ3) is 4.58. The Bertz CT molecular complexity index is 1170. The van der Waals surface area contributed by atoms with Crippen LogP contribution in [0, 0.1) is 0 Å². The van der Waals surface area contributed by atoms with Crippen molar-refractivity contribution in [2.24, 2.45) is 0 Å². The van der Waals surface area contributed by atoms with Crippen LogP contribution in [0.2, 0.25) is 0 Å². The molecular formula is C26H21NOS. The summed E-state index contributed by atoms with van der Waals surface area (Å²) in [6.45, 7) is 1.92. The van der Waals surface area contributed by atoms with Crippen LogP contribution in [0.5, 0.6) is 0 Å². The maximum absolute atomic E-state index is 12.5. The fourth-order valence-electron chi connectivity index (χ4n) is 3.19. The van der Waals surface area contributed by atoms with E-state index in [1.807, 2.05) is 55.5 Å². The Labute approximate surface area is 175 Å². The van der Waals surface area contributed by atoms with Gasteiger partial charge in [-0.1, -0.05) is 90.6 Å². The average molecular weight is 396 g/mol. The van der Waals surface area contributed by atoms with Gasteiger partial charge in [-0.25, -0.2) is 0 Å². The predicted octanol–water partition coefficient (Wildman–Crippen LogP) is 7.19. The monoisotopic (exact) mass is 395 g/mol. The highest BCUT2D eigenvalue weighted by atomic mass is 32.2. The van der Waals surface area contributed by atoms with E-state index in [0.29, 0.717) is 5.56 Å². The van der Waals surface area contributed by atoms with Crippen LogP contribution in [0.4, 0.5) is 5.69 Å². The van der Waals surface area contributed by atoms with Crippen molar-refractivity contribution < 1.29 is 4.79 Å². The van der Waals surface area contributed by atoms with E-state index in [9.17, 15) is 4.79 Å². The Kier molecular flexibility index (Phi) is 5.78. The molecule has 4 aromatic carbocycles. The highest BCUT2D eigenvalue weighted by Crippen LogP contribution is 2.39. The van der Waals surface area contributed by atoms with Crippen molar-refractivity contribution in [3.8, 4) is 0 Å². The number of fused-ring (bicyclic) bond motifs is 1. The van der Waals surface area contributed by atoms with E-state index >= 15 is 0 Å². The smallest absolute Gasteiger partial charge is 0.187 e. The first kappa shape index (κ1) is 19.0. The number of hydrogen-bond acceptors (Lipinski definition) is 3. The van der Waals surface area contributed by atoms with Crippen LogP contribution in [0.1, 0.15) is 17.3 Å². The number of rotatable bonds is 6. The second-order valence-electron chi connectivity index (χ2n) is 6.76. The number of anilines is 1. The van der Waals surface area contributed by atoms with E-state index < -0.39 is 0 Å². The summed E-state index contributed by atoms with van der Waals surface area (Å²) in [5, 5.41) is 5.82. The van der Waals surface area contributed by atoms with Crippen molar-refractivity contribution in [3.05, 3.63) is 114 Å². The first-order valence-electron chi connectivity index (χ1n) is 9.50.